The molecule has 0 saturated heterocycles. The number of nitrogens with one attached hydrogen (secondary N) is 1. The number of rotatable bonds is 5. The summed E-state index contributed by atoms with van der Waals surface area (Å²) in [7, 11) is 2.06. The summed E-state index contributed by atoms with van der Waals surface area (Å²) in [5, 5.41) is 3.35. The van der Waals surface area contributed by atoms with Crippen LogP contribution in [-0.2, 0) is 6.54 Å². The Morgan fingerprint density at radius 2 is 2.11 bits per heavy atom. The van der Waals surface area contributed by atoms with Crippen LogP contribution in [0.15, 0.2) is 23.3 Å². The van der Waals surface area contributed by atoms with Crippen LogP contribution in [0, 0.1) is 0 Å². The van der Waals surface area contributed by atoms with Gasteiger partial charge in [-0.25, -0.2) is 4.98 Å². The smallest absolute Gasteiger partial charge is 0.194 e. The van der Waals surface area contributed by atoms with E-state index in [2.05, 4.69) is 58.1 Å². The monoisotopic (exact) mass is 261 g/mol. The van der Waals surface area contributed by atoms with Crippen molar-refractivity contribution in [3.8, 4) is 0 Å². The van der Waals surface area contributed by atoms with Crippen LogP contribution in [-0.4, -0.2) is 49.1 Å². The van der Waals surface area contributed by atoms with E-state index in [0.717, 1.165) is 44.5 Å². The fourth-order valence-electron chi connectivity index (χ4n) is 2.16. The van der Waals surface area contributed by atoms with Gasteiger partial charge in [-0.05, 0) is 25.5 Å². The van der Waals surface area contributed by atoms with Gasteiger partial charge in [-0.1, -0.05) is 6.07 Å². The van der Waals surface area contributed by atoms with E-state index >= 15 is 0 Å². The van der Waals surface area contributed by atoms with Gasteiger partial charge in [-0.3, -0.25) is 4.99 Å². The van der Waals surface area contributed by atoms with E-state index < -0.39 is 0 Å². The predicted octanol–water partition coefficient (Wildman–Crippen LogP) is 1.32. The molecule has 0 amide bonds. The molecule has 19 heavy (non-hydrogen) atoms. The molecule has 1 aromatic rings. The van der Waals surface area contributed by atoms with E-state index in [1.165, 1.54) is 5.56 Å². The van der Waals surface area contributed by atoms with Gasteiger partial charge in [-0.2, -0.15) is 0 Å². The fraction of sp³-hybridized carbons (Fsp3) is 0.571. The summed E-state index contributed by atoms with van der Waals surface area (Å²) < 4.78 is 0. The van der Waals surface area contributed by atoms with Crippen molar-refractivity contribution in [1.82, 2.24) is 15.2 Å². The Hall–Kier alpha value is -1.78. The summed E-state index contributed by atoms with van der Waals surface area (Å²) in [5.41, 5.74) is 1.18. The molecule has 0 bridgehead atoms. The van der Waals surface area contributed by atoms with Crippen LogP contribution < -0.4 is 10.2 Å². The average molecular weight is 261 g/mol. The molecule has 0 aliphatic carbocycles. The first-order chi connectivity index (χ1) is 9.24. The van der Waals surface area contributed by atoms with Crippen molar-refractivity contribution in [3.63, 3.8) is 0 Å². The van der Waals surface area contributed by atoms with Gasteiger partial charge in [0.15, 0.2) is 5.96 Å². The van der Waals surface area contributed by atoms with Gasteiger partial charge in [-0.15, -0.1) is 0 Å². The van der Waals surface area contributed by atoms with Gasteiger partial charge < -0.3 is 15.1 Å². The zero-order valence-electron chi connectivity index (χ0n) is 12.1. The van der Waals surface area contributed by atoms with Crippen LogP contribution in [0.1, 0.15) is 19.4 Å². The lowest BCUT2D eigenvalue weighted by atomic mass is 10.2. The number of aromatic nitrogens is 1. The van der Waals surface area contributed by atoms with Gasteiger partial charge in [0.1, 0.15) is 5.82 Å². The van der Waals surface area contributed by atoms with Crippen molar-refractivity contribution in [3.05, 3.63) is 23.9 Å². The van der Waals surface area contributed by atoms with Crippen molar-refractivity contribution >= 4 is 11.8 Å². The highest BCUT2D eigenvalue weighted by Gasteiger charge is 2.11. The summed E-state index contributed by atoms with van der Waals surface area (Å²) in [5.74, 6) is 2.02. The Balaban J connectivity index is 1.91. The summed E-state index contributed by atoms with van der Waals surface area (Å²) in [6.45, 7) is 8.93. The molecule has 2 rings (SSSR count). The van der Waals surface area contributed by atoms with E-state index in [4.69, 9.17) is 0 Å². The second-order valence-corrected chi connectivity index (χ2v) is 4.68. The second-order valence-electron chi connectivity index (χ2n) is 4.68. The number of likely N-dealkylation sites (N-methyl/N-ethyl adjacent to an activating group) is 1. The van der Waals surface area contributed by atoms with Crippen molar-refractivity contribution in [2.75, 3.05) is 38.1 Å². The first-order valence-corrected chi connectivity index (χ1v) is 6.94. The number of guanidine groups is 1. The van der Waals surface area contributed by atoms with Gasteiger partial charge in [0.05, 0.1) is 6.54 Å². The minimum absolute atomic E-state index is 0.773. The molecule has 5 nitrogen and oxygen atoms in total. The van der Waals surface area contributed by atoms with Crippen molar-refractivity contribution in [2.45, 2.75) is 20.4 Å². The maximum Gasteiger partial charge on any atom is 0.194 e. The standard InChI is InChI=1S/C14H23N5/c1-4-19(5-2)13-7-6-12(10-16-13)11-17-14-15-8-9-18(14)3/h6-7,10H,4-5,8-9,11H2,1-3H3,(H,15,17). The Labute approximate surface area is 115 Å². The molecule has 0 spiro atoms. The quantitative estimate of drug-likeness (QED) is 0.868. The minimum Gasteiger partial charge on any atom is -0.357 e. The Morgan fingerprint density at radius 1 is 1.32 bits per heavy atom. The Kier molecular flexibility index (Phi) is 4.60. The molecule has 1 aliphatic heterocycles. The molecule has 2 heterocycles. The Bertz CT molecular complexity index is 422. The molecule has 0 atom stereocenters. The minimum atomic E-state index is 0.773. The lowest BCUT2D eigenvalue weighted by molar-refractivity contribution is 0.534. The summed E-state index contributed by atoms with van der Waals surface area (Å²) >= 11 is 0. The molecule has 0 saturated carbocycles. The van der Waals surface area contributed by atoms with E-state index in [9.17, 15) is 0 Å². The van der Waals surface area contributed by atoms with E-state index in [1.54, 1.807) is 0 Å². The molecule has 1 aromatic heterocycles. The molecule has 0 radical (unpaired) electrons. The van der Waals surface area contributed by atoms with Gasteiger partial charge >= 0.3 is 0 Å². The van der Waals surface area contributed by atoms with Crippen LogP contribution in [0.3, 0.4) is 0 Å². The average Bonchev–Trinajstić information content (AvgIpc) is 2.85. The first kappa shape index (κ1) is 13.6. The highest BCUT2D eigenvalue weighted by molar-refractivity contribution is 5.81. The predicted molar refractivity (Wildman–Crippen MR) is 79.6 cm³/mol. The zero-order valence-corrected chi connectivity index (χ0v) is 12.1. The SMILES string of the molecule is CCN(CC)c1ccc(CNC2=NCCN2C)cn1. The number of pyridine rings is 1. The fourth-order valence-corrected chi connectivity index (χ4v) is 2.16. The lowest BCUT2D eigenvalue weighted by Crippen LogP contribution is -2.35. The van der Waals surface area contributed by atoms with Gasteiger partial charge in [0, 0.05) is 39.4 Å². The third-order valence-corrected chi connectivity index (χ3v) is 3.41. The molecule has 1 N–H and O–H groups in total. The van der Waals surface area contributed by atoms with E-state index in [0.29, 0.717) is 0 Å². The number of nitrogens with zero attached hydrogens (tertiary/aromatic N) is 4. The second kappa shape index (κ2) is 6.41. The molecule has 104 valence electrons. The summed E-state index contributed by atoms with van der Waals surface area (Å²) in [6.07, 6.45) is 1.94. The molecular weight excluding hydrogens is 238 g/mol. The van der Waals surface area contributed by atoms with Crippen molar-refractivity contribution < 1.29 is 0 Å². The summed E-state index contributed by atoms with van der Waals surface area (Å²) in [4.78, 5) is 13.3. The van der Waals surface area contributed by atoms with Crippen LogP contribution in [0.5, 0.6) is 0 Å². The number of hydrogen-bond acceptors (Lipinski definition) is 5. The van der Waals surface area contributed by atoms with Crippen LogP contribution in [0.4, 0.5) is 5.82 Å². The van der Waals surface area contributed by atoms with E-state index in [-0.39, 0.29) is 0 Å². The molecule has 1 aliphatic rings. The molecule has 0 fully saturated rings. The third kappa shape index (κ3) is 3.36. The molecule has 0 aromatic carbocycles. The maximum absolute atomic E-state index is 4.52. The highest BCUT2D eigenvalue weighted by atomic mass is 15.3. The zero-order chi connectivity index (χ0) is 13.7. The number of hydrogen-bond donors (Lipinski definition) is 1. The topological polar surface area (TPSA) is 43.8 Å². The van der Waals surface area contributed by atoms with Crippen LogP contribution in [0.25, 0.3) is 0 Å². The molecule has 5 heteroatoms. The van der Waals surface area contributed by atoms with Crippen LogP contribution >= 0.6 is 0 Å². The highest BCUT2D eigenvalue weighted by Crippen LogP contribution is 2.10. The van der Waals surface area contributed by atoms with Gasteiger partial charge in [0.2, 0.25) is 0 Å². The number of anilines is 1. The summed E-state index contributed by atoms with van der Waals surface area (Å²) in [6, 6.07) is 4.22. The number of aliphatic imine (C=N–C) groups is 1. The normalized spacial score (nSPS) is 14.5. The molecular formula is C14H23N5. The first-order valence-electron chi connectivity index (χ1n) is 6.94. The van der Waals surface area contributed by atoms with Crippen LogP contribution in [0.2, 0.25) is 0 Å². The Morgan fingerprint density at radius 3 is 2.63 bits per heavy atom. The largest absolute Gasteiger partial charge is 0.357 e. The third-order valence-electron chi connectivity index (χ3n) is 3.41. The van der Waals surface area contributed by atoms with E-state index in [1.807, 2.05) is 6.20 Å². The maximum atomic E-state index is 4.52. The molecule has 0 unspecified atom stereocenters. The van der Waals surface area contributed by atoms with Gasteiger partial charge in [0.25, 0.3) is 0 Å². The lowest BCUT2D eigenvalue weighted by Gasteiger charge is -2.20. The van der Waals surface area contributed by atoms with Crippen molar-refractivity contribution in [1.29, 1.82) is 0 Å². The van der Waals surface area contributed by atoms with Crippen molar-refractivity contribution in [2.24, 2.45) is 4.99 Å².